The molecule has 0 N–H and O–H groups in total. The van der Waals surface area contributed by atoms with Crippen LogP contribution in [0.1, 0.15) is 25.8 Å². The number of ketones is 1. The second-order valence-corrected chi connectivity index (χ2v) is 10.4. The summed E-state index contributed by atoms with van der Waals surface area (Å²) in [4.78, 5) is 12.3. The van der Waals surface area contributed by atoms with E-state index in [4.69, 9.17) is 39.0 Å². The van der Waals surface area contributed by atoms with Gasteiger partial charge in [-0.3, -0.25) is 8.98 Å². The number of rotatable bonds is 4. The Kier molecular flexibility index (Phi) is 5.11. The summed E-state index contributed by atoms with van der Waals surface area (Å²) < 4.78 is 28.2. The van der Waals surface area contributed by atoms with Crippen LogP contribution in [0.25, 0.3) is 0 Å². The molecule has 128 valence electrons. The lowest BCUT2D eigenvalue weighted by Gasteiger charge is -2.49. The van der Waals surface area contributed by atoms with Crippen LogP contribution in [0.3, 0.4) is 0 Å². The van der Waals surface area contributed by atoms with Gasteiger partial charge in [0.25, 0.3) is 10.1 Å². The lowest BCUT2D eigenvalue weighted by molar-refractivity contribution is -0.161. The average Bonchev–Trinajstić information content (AvgIpc) is 2.41. The summed E-state index contributed by atoms with van der Waals surface area (Å²) in [5.41, 5.74) is 0.186. The fraction of sp³-hybridized carbons (Fsp3) is 0.533. The van der Waals surface area contributed by atoms with Gasteiger partial charge in [-0.25, -0.2) is 0 Å². The van der Waals surface area contributed by atoms with Crippen LogP contribution in [-0.2, 0) is 19.1 Å². The van der Waals surface area contributed by atoms with Crippen LogP contribution < -0.4 is 0 Å². The minimum atomic E-state index is -4.03. The van der Waals surface area contributed by atoms with Gasteiger partial charge in [0.2, 0.25) is 0 Å². The summed E-state index contributed by atoms with van der Waals surface area (Å²) in [5, 5.41) is 0. The molecule has 2 atom stereocenters. The van der Waals surface area contributed by atoms with Gasteiger partial charge in [0.1, 0.15) is 6.10 Å². The third-order valence-electron chi connectivity index (χ3n) is 4.14. The molecule has 0 aliphatic heterocycles. The first kappa shape index (κ1) is 19.0. The van der Waals surface area contributed by atoms with Crippen molar-refractivity contribution in [3.05, 3.63) is 29.8 Å². The summed E-state index contributed by atoms with van der Waals surface area (Å²) in [7, 11) is -4.03. The highest BCUT2D eigenvalue weighted by atomic mass is 35.6. The van der Waals surface area contributed by atoms with Crippen LogP contribution >= 0.6 is 34.8 Å². The Morgan fingerprint density at radius 3 is 2.13 bits per heavy atom. The Labute approximate surface area is 151 Å². The summed E-state index contributed by atoms with van der Waals surface area (Å²) in [6.07, 6.45) is -1.06. The highest BCUT2D eigenvalue weighted by Gasteiger charge is 2.60. The van der Waals surface area contributed by atoms with E-state index in [1.165, 1.54) is 12.1 Å². The maximum absolute atomic E-state index is 12.3. The fourth-order valence-electron chi connectivity index (χ4n) is 2.66. The molecule has 0 aromatic heterocycles. The summed E-state index contributed by atoms with van der Waals surface area (Å²) in [6.45, 7) is 5.30. The molecule has 1 aliphatic carbocycles. The van der Waals surface area contributed by atoms with Crippen LogP contribution in [0.4, 0.5) is 0 Å². The number of alkyl halides is 3. The topological polar surface area (TPSA) is 60.4 Å². The average molecular weight is 400 g/mol. The standard InChI is InChI=1S/C15H17Cl3O4S/c1-9-4-6-10(7-5-9)23(20,21)22-13-12(19)11(14(13,2)3)8-15(16,17)18/h4-7,11,13H,8H2,1-3H3. The quantitative estimate of drug-likeness (QED) is 0.566. The first-order chi connectivity index (χ1) is 10.3. The minimum absolute atomic E-state index is 0.0107. The molecule has 0 bridgehead atoms. The third kappa shape index (κ3) is 4.02. The van der Waals surface area contributed by atoms with Crippen molar-refractivity contribution in [2.75, 3.05) is 0 Å². The first-order valence-electron chi connectivity index (χ1n) is 6.95. The van der Waals surface area contributed by atoms with Gasteiger partial charge >= 0.3 is 0 Å². The predicted molar refractivity (Wildman–Crippen MR) is 90.4 cm³/mol. The van der Waals surface area contributed by atoms with E-state index in [9.17, 15) is 13.2 Å². The van der Waals surface area contributed by atoms with Gasteiger partial charge in [0.05, 0.1) is 4.90 Å². The van der Waals surface area contributed by atoms with Gasteiger partial charge in [-0.05, 0) is 19.1 Å². The van der Waals surface area contributed by atoms with E-state index >= 15 is 0 Å². The molecular formula is C15H17Cl3O4S. The molecule has 2 rings (SSSR count). The van der Waals surface area contributed by atoms with E-state index in [0.29, 0.717) is 0 Å². The van der Waals surface area contributed by atoms with Crippen molar-refractivity contribution in [1.29, 1.82) is 0 Å². The Morgan fingerprint density at radius 2 is 1.70 bits per heavy atom. The number of carbonyl (C=O) groups is 1. The van der Waals surface area contributed by atoms with Gasteiger partial charge in [0.15, 0.2) is 9.58 Å². The van der Waals surface area contributed by atoms with Gasteiger partial charge in [-0.1, -0.05) is 66.3 Å². The van der Waals surface area contributed by atoms with Crippen molar-refractivity contribution in [2.45, 2.75) is 42.0 Å². The van der Waals surface area contributed by atoms with Crippen LogP contribution in [0.15, 0.2) is 29.2 Å². The largest absolute Gasteiger partial charge is 0.297 e. The maximum atomic E-state index is 12.3. The van der Waals surface area contributed by atoms with Crippen molar-refractivity contribution in [2.24, 2.45) is 11.3 Å². The Bertz CT molecular complexity index is 705. The molecule has 4 nitrogen and oxygen atoms in total. The smallest absolute Gasteiger partial charge is 0.296 e. The molecule has 0 spiro atoms. The predicted octanol–water partition coefficient (Wildman–Crippen LogP) is 4.05. The van der Waals surface area contributed by atoms with Crippen molar-refractivity contribution in [1.82, 2.24) is 0 Å². The molecule has 2 unspecified atom stereocenters. The summed E-state index contributed by atoms with van der Waals surface area (Å²) >= 11 is 17.2. The normalized spacial score (nSPS) is 24.3. The zero-order valence-electron chi connectivity index (χ0n) is 12.8. The maximum Gasteiger partial charge on any atom is 0.297 e. The Balaban J connectivity index is 2.18. The summed E-state index contributed by atoms with van der Waals surface area (Å²) in [6, 6.07) is 6.21. The van der Waals surface area contributed by atoms with E-state index in [-0.39, 0.29) is 17.1 Å². The number of Topliss-reactive ketones (excluding diaryl/α,β-unsaturated/α-hetero) is 1. The Morgan fingerprint density at radius 1 is 1.17 bits per heavy atom. The lowest BCUT2D eigenvalue weighted by Crippen LogP contribution is -2.61. The molecular weight excluding hydrogens is 383 g/mol. The van der Waals surface area contributed by atoms with Crippen LogP contribution in [0, 0.1) is 18.3 Å². The van der Waals surface area contributed by atoms with Crippen molar-refractivity contribution < 1.29 is 17.4 Å². The highest BCUT2D eigenvalue weighted by molar-refractivity contribution is 7.86. The minimum Gasteiger partial charge on any atom is -0.296 e. The van der Waals surface area contributed by atoms with Crippen molar-refractivity contribution in [3.63, 3.8) is 0 Å². The number of halogens is 3. The first-order valence-corrected chi connectivity index (χ1v) is 9.49. The molecule has 0 saturated heterocycles. The van der Waals surface area contributed by atoms with E-state index in [0.717, 1.165) is 5.56 Å². The second-order valence-electron chi connectivity index (χ2n) is 6.34. The summed E-state index contributed by atoms with van der Waals surface area (Å²) in [5.74, 6) is -0.926. The molecule has 1 saturated carbocycles. The fourth-order valence-corrected chi connectivity index (χ4v) is 4.30. The second kappa shape index (κ2) is 6.19. The van der Waals surface area contributed by atoms with Crippen molar-refractivity contribution >= 4 is 50.7 Å². The molecule has 1 aliphatic rings. The highest BCUT2D eigenvalue weighted by Crippen LogP contribution is 2.52. The van der Waals surface area contributed by atoms with Gasteiger partial charge in [-0.2, -0.15) is 8.42 Å². The van der Waals surface area contributed by atoms with Gasteiger partial charge < -0.3 is 0 Å². The number of aryl methyl sites for hydroxylation is 1. The van der Waals surface area contributed by atoms with E-state index in [1.54, 1.807) is 26.0 Å². The molecule has 1 aromatic rings. The van der Waals surface area contributed by atoms with Crippen LogP contribution in [0.2, 0.25) is 0 Å². The molecule has 0 radical (unpaired) electrons. The monoisotopic (exact) mass is 398 g/mol. The molecule has 0 heterocycles. The van der Waals surface area contributed by atoms with Crippen molar-refractivity contribution in [3.8, 4) is 0 Å². The zero-order chi connectivity index (χ0) is 17.6. The third-order valence-corrected chi connectivity index (χ3v) is 5.90. The SMILES string of the molecule is Cc1ccc(S(=O)(=O)OC2C(=O)C(CC(Cl)(Cl)Cl)C2(C)C)cc1. The van der Waals surface area contributed by atoms with E-state index < -0.39 is 31.3 Å². The number of benzene rings is 1. The zero-order valence-corrected chi connectivity index (χ0v) is 15.9. The van der Waals surface area contributed by atoms with Crippen LogP contribution in [-0.4, -0.2) is 24.1 Å². The van der Waals surface area contributed by atoms with Gasteiger partial charge in [0, 0.05) is 17.8 Å². The van der Waals surface area contributed by atoms with E-state index in [1.807, 2.05) is 6.92 Å². The molecule has 0 amide bonds. The number of hydrogen-bond acceptors (Lipinski definition) is 4. The van der Waals surface area contributed by atoms with Gasteiger partial charge in [-0.15, -0.1) is 0 Å². The Hall–Kier alpha value is -0.330. The van der Waals surface area contributed by atoms with Crippen LogP contribution in [0.5, 0.6) is 0 Å². The lowest BCUT2D eigenvalue weighted by atomic mass is 9.58. The molecule has 23 heavy (non-hydrogen) atoms. The number of carbonyl (C=O) groups excluding carboxylic acids is 1. The molecule has 1 aromatic carbocycles. The number of hydrogen-bond donors (Lipinski definition) is 0. The van der Waals surface area contributed by atoms with E-state index in [2.05, 4.69) is 0 Å². The molecule has 8 heteroatoms. The molecule has 1 fully saturated rings.